The molecule has 0 saturated carbocycles. The van der Waals surface area contributed by atoms with Crippen molar-refractivity contribution in [2.24, 2.45) is 0 Å². The Morgan fingerprint density at radius 3 is 1.35 bits per heavy atom. The zero-order valence-corrected chi connectivity index (χ0v) is 15.2. The number of hydrogen-bond acceptors (Lipinski definition) is 2. The summed E-state index contributed by atoms with van der Waals surface area (Å²) in [6.45, 7) is 2.98. The molecule has 0 spiro atoms. The number of benzene rings is 2. The van der Waals surface area contributed by atoms with Gasteiger partial charge in [-0.3, -0.25) is 0 Å². The lowest BCUT2D eigenvalue weighted by Gasteiger charge is -1.92. The molecule has 0 radical (unpaired) electrons. The number of nitrogens with zero attached hydrogens (tertiary/aromatic N) is 1. The Labute approximate surface area is 142 Å². The van der Waals surface area contributed by atoms with Crippen LogP contribution in [0.3, 0.4) is 0 Å². The van der Waals surface area contributed by atoms with Crippen molar-refractivity contribution in [3.63, 3.8) is 0 Å². The first-order valence-electron chi connectivity index (χ1n) is 7.98. The van der Waals surface area contributed by atoms with Gasteiger partial charge in [-0.1, -0.05) is 79.7 Å². The van der Waals surface area contributed by atoms with E-state index in [-0.39, 0.29) is 0 Å². The zero-order chi connectivity index (χ0) is 17.3. The predicted octanol–water partition coefficient (Wildman–Crippen LogP) is 5.08. The Bertz CT molecular complexity index is 446. The van der Waals surface area contributed by atoms with E-state index in [1.807, 2.05) is 62.4 Å². The summed E-state index contributed by atoms with van der Waals surface area (Å²) in [5, 5.41) is 0. The molecular weight excluding hydrogens is 282 g/mol. The van der Waals surface area contributed by atoms with Crippen LogP contribution in [0.5, 0.6) is 0 Å². The van der Waals surface area contributed by atoms with E-state index in [1.165, 1.54) is 11.1 Å². The van der Waals surface area contributed by atoms with Gasteiger partial charge in [0.15, 0.2) is 0 Å². The smallest absolute Gasteiger partial charge is 0.0459 e. The van der Waals surface area contributed by atoms with E-state index in [0.29, 0.717) is 0 Å². The predicted molar refractivity (Wildman–Crippen MR) is 104 cm³/mol. The standard InChI is InChI=1S/C14H12.C4H10O.C3H9N/c1-3-7-13(8-4-1)11-12-14-9-5-2-6-10-14;1-3-4-5-2;1-4(2)3/h1-12H;3-4H2,1-2H3;1-3H3/b12-11+;;. The minimum Gasteiger partial charge on any atom is -0.385 e. The van der Waals surface area contributed by atoms with Crippen LogP contribution < -0.4 is 0 Å². The highest BCUT2D eigenvalue weighted by molar-refractivity contribution is 5.69. The Morgan fingerprint density at radius 1 is 0.783 bits per heavy atom. The van der Waals surface area contributed by atoms with Gasteiger partial charge in [0, 0.05) is 13.7 Å². The summed E-state index contributed by atoms with van der Waals surface area (Å²) in [4.78, 5) is 2.00. The van der Waals surface area contributed by atoms with Gasteiger partial charge in [-0.2, -0.15) is 0 Å². The Morgan fingerprint density at radius 2 is 1.13 bits per heavy atom. The molecule has 0 atom stereocenters. The van der Waals surface area contributed by atoms with Gasteiger partial charge in [0.1, 0.15) is 0 Å². The number of methoxy groups -OCH3 is 1. The van der Waals surface area contributed by atoms with Gasteiger partial charge in [-0.05, 0) is 38.7 Å². The lowest BCUT2D eigenvalue weighted by atomic mass is 10.1. The third kappa shape index (κ3) is 14.8. The van der Waals surface area contributed by atoms with Crippen molar-refractivity contribution in [1.29, 1.82) is 0 Å². The molecule has 2 rings (SSSR count). The second-order valence-electron chi connectivity index (χ2n) is 5.49. The lowest BCUT2D eigenvalue weighted by Crippen LogP contribution is -1.99. The molecule has 0 unspecified atom stereocenters. The van der Waals surface area contributed by atoms with E-state index in [2.05, 4.69) is 43.3 Å². The molecule has 0 amide bonds. The van der Waals surface area contributed by atoms with Crippen LogP contribution in [0.15, 0.2) is 60.7 Å². The van der Waals surface area contributed by atoms with Crippen molar-refractivity contribution in [2.45, 2.75) is 13.3 Å². The molecule has 0 aromatic heterocycles. The number of ether oxygens (including phenoxy) is 1. The summed E-state index contributed by atoms with van der Waals surface area (Å²) in [5.41, 5.74) is 2.47. The van der Waals surface area contributed by atoms with Crippen LogP contribution in [-0.4, -0.2) is 39.8 Å². The van der Waals surface area contributed by atoms with E-state index in [9.17, 15) is 0 Å². The maximum atomic E-state index is 4.69. The molecule has 2 nitrogen and oxygen atoms in total. The van der Waals surface area contributed by atoms with Crippen molar-refractivity contribution in [3.8, 4) is 0 Å². The minimum atomic E-state index is 0.889. The van der Waals surface area contributed by atoms with Gasteiger partial charge < -0.3 is 9.64 Å². The lowest BCUT2D eigenvalue weighted by molar-refractivity contribution is 0.199. The molecule has 23 heavy (non-hydrogen) atoms. The van der Waals surface area contributed by atoms with Gasteiger partial charge in [0.05, 0.1) is 0 Å². The minimum absolute atomic E-state index is 0.889. The SMILES string of the molecule is C(=C\c1ccccc1)/c1ccccc1.CCCOC.CN(C)C. The van der Waals surface area contributed by atoms with Crippen molar-refractivity contribution < 1.29 is 4.74 Å². The summed E-state index contributed by atoms with van der Waals surface area (Å²) < 4.78 is 4.69. The molecule has 2 heteroatoms. The molecule has 2 aromatic carbocycles. The summed E-state index contributed by atoms with van der Waals surface area (Å²) in [7, 11) is 7.71. The molecule has 0 bridgehead atoms. The van der Waals surface area contributed by atoms with Crippen LogP contribution >= 0.6 is 0 Å². The maximum Gasteiger partial charge on any atom is 0.0459 e. The van der Waals surface area contributed by atoms with E-state index in [1.54, 1.807) is 7.11 Å². The molecular formula is C21H31NO. The highest BCUT2D eigenvalue weighted by Crippen LogP contribution is 2.06. The topological polar surface area (TPSA) is 12.5 Å². The monoisotopic (exact) mass is 313 g/mol. The van der Waals surface area contributed by atoms with Crippen molar-refractivity contribution in [2.75, 3.05) is 34.9 Å². The fraction of sp³-hybridized carbons (Fsp3) is 0.333. The first-order chi connectivity index (χ1) is 11.1. The fourth-order valence-electron chi connectivity index (χ4n) is 1.52. The van der Waals surface area contributed by atoms with E-state index < -0.39 is 0 Å². The zero-order valence-electron chi connectivity index (χ0n) is 15.2. The number of rotatable bonds is 4. The molecule has 0 fully saturated rings. The highest BCUT2D eigenvalue weighted by Gasteiger charge is 1.84. The molecule has 0 saturated heterocycles. The van der Waals surface area contributed by atoms with Crippen LogP contribution in [-0.2, 0) is 4.74 Å². The van der Waals surface area contributed by atoms with E-state index >= 15 is 0 Å². The van der Waals surface area contributed by atoms with E-state index in [0.717, 1.165) is 13.0 Å². The van der Waals surface area contributed by atoms with Crippen LogP contribution in [0.25, 0.3) is 12.2 Å². The second-order valence-corrected chi connectivity index (χ2v) is 5.49. The average Bonchev–Trinajstić information content (AvgIpc) is 2.56. The Kier molecular flexibility index (Phi) is 13.8. The summed E-state index contributed by atoms with van der Waals surface area (Å²) in [5.74, 6) is 0. The van der Waals surface area contributed by atoms with Gasteiger partial charge in [0.25, 0.3) is 0 Å². The molecule has 126 valence electrons. The van der Waals surface area contributed by atoms with Gasteiger partial charge >= 0.3 is 0 Å². The molecule has 0 aliphatic carbocycles. The third-order valence-corrected chi connectivity index (χ3v) is 2.48. The first kappa shape index (κ1) is 21.1. The highest BCUT2D eigenvalue weighted by atomic mass is 16.5. The van der Waals surface area contributed by atoms with E-state index in [4.69, 9.17) is 4.74 Å². The Balaban J connectivity index is 0.000000450. The normalized spacial score (nSPS) is 9.83. The average molecular weight is 313 g/mol. The molecule has 0 aliphatic rings. The third-order valence-electron chi connectivity index (χ3n) is 2.48. The summed E-state index contributed by atoms with van der Waals surface area (Å²) >= 11 is 0. The van der Waals surface area contributed by atoms with Crippen LogP contribution in [0, 0.1) is 0 Å². The molecule has 0 N–H and O–H groups in total. The maximum absolute atomic E-state index is 4.69. The quantitative estimate of drug-likeness (QED) is 0.730. The molecule has 2 aromatic rings. The second kappa shape index (κ2) is 15.0. The van der Waals surface area contributed by atoms with Crippen molar-refractivity contribution >= 4 is 12.2 Å². The summed E-state index contributed by atoms with van der Waals surface area (Å²) in [6.07, 6.45) is 5.36. The molecule has 0 heterocycles. The van der Waals surface area contributed by atoms with Crippen LogP contribution in [0.1, 0.15) is 24.5 Å². The van der Waals surface area contributed by atoms with Crippen LogP contribution in [0.4, 0.5) is 0 Å². The van der Waals surface area contributed by atoms with Gasteiger partial charge in [-0.25, -0.2) is 0 Å². The first-order valence-corrected chi connectivity index (χ1v) is 7.98. The van der Waals surface area contributed by atoms with Gasteiger partial charge in [-0.15, -0.1) is 0 Å². The largest absolute Gasteiger partial charge is 0.385 e. The van der Waals surface area contributed by atoms with Gasteiger partial charge in [0.2, 0.25) is 0 Å². The summed E-state index contributed by atoms with van der Waals surface area (Å²) in [6, 6.07) is 20.6. The Hall–Kier alpha value is -1.90. The van der Waals surface area contributed by atoms with Crippen LogP contribution in [0.2, 0.25) is 0 Å². The van der Waals surface area contributed by atoms with Crippen molar-refractivity contribution in [1.82, 2.24) is 4.90 Å². The molecule has 0 aliphatic heterocycles. The fourth-order valence-corrected chi connectivity index (χ4v) is 1.52. The number of hydrogen-bond donors (Lipinski definition) is 0. The van der Waals surface area contributed by atoms with Crippen molar-refractivity contribution in [3.05, 3.63) is 71.8 Å².